The Morgan fingerprint density at radius 3 is 3.10 bits per heavy atom. The maximum atomic E-state index is 5.78. The zero-order chi connectivity index (χ0) is 13.8. The number of rotatable bonds is 4. The number of nitrogens with one attached hydrogen (secondary N) is 1. The van der Waals surface area contributed by atoms with Gasteiger partial charge in [0.25, 0.3) is 0 Å². The highest BCUT2D eigenvalue weighted by Gasteiger charge is 2.26. The molecular formula is C16H24N2O2. The first kappa shape index (κ1) is 13.9. The third-order valence-corrected chi connectivity index (χ3v) is 4.22. The predicted octanol–water partition coefficient (Wildman–Crippen LogP) is 1.47. The Hall–Kier alpha value is -1.10. The molecule has 3 rings (SSSR count). The van der Waals surface area contributed by atoms with Crippen LogP contribution in [-0.4, -0.2) is 57.4 Å². The average Bonchev–Trinajstić information content (AvgIpc) is 2.48. The van der Waals surface area contributed by atoms with Gasteiger partial charge in [-0.25, -0.2) is 0 Å². The number of morpholine rings is 1. The van der Waals surface area contributed by atoms with Crippen molar-refractivity contribution in [3.05, 3.63) is 29.8 Å². The first-order valence-corrected chi connectivity index (χ1v) is 7.57. The maximum absolute atomic E-state index is 5.78. The van der Waals surface area contributed by atoms with Crippen LogP contribution in [0.4, 0.5) is 0 Å². The van der Waals surface area contributed by atoms with Gasteiger partial charge in [-0.3, -0.25) is 4.90 Å². The summed E-state index contributed by atoms with van der Waals surface area (Å²) in [5.41, 5.74) is 1.37. The summed E-state index contributed by atoms with van der Waals surface area (Å²) in [6.07, 6.45) is 1.44. The van der Waals surface area contributed by atoms with Gasteiger partial charge in [0.05, 0.1) is 19.3 Å². The summed E-state index contributed by atoms with van der Waals surface area (Å²) in [5, 5.41) is 3.21. The van der Waals surface area contributed by atoms with E-state index in [1.165, 1.54) is 5.56 Å². The van der Waals surface area contributed by atoms with Gasteiger partial charge in [-0.05, 0) is 25.1 Å². The number of ether oxygens (including phenoxy) is 2. The van der Waals surface area contributed by atoms with Crippen LogP contribution in [0.25, 0.3) is 0 Å². The summed E-state index contributed by atoms with van der Waals surface area (Å²) in [6.45, 7) is 5.80. The number of para-hydroxylation sites is 1. The molecule has 2 atom stereocenters. The lowest BCUT2D eigenvalue weighted by molar-refractivity contribution is -0.0289. The fraction of sp³-hybridized carbons (Fsp3) is 0.625. The average molecular weight is 276 g/mol. The molecule has 0 saturated carbocycles. The monoisotopic (exact) mass is 276 g/mol. The molecule has 0 spiro atoms. The van der Waals surface area contributed by atoms with E-state index in [9.17, 15) is 0 Å². The van der Waals surface area contributed by atoms with Crippen LogP contribution in [0.2, 0.25) is 0 Å². The van der Waals surface area contributed by atoms with Gasteiger partial charge in [-0.1, -0.05) is 18.2 Å². The lowest BCUT2D eigenvalue weighted by atomic mass is 9.92. The summed E-state index contributed by atoms with van der Waals surface area (Å²) in [7, 11) is 1.98. The molecule has 2 heterocycles. The van der Waals surface area contributed by atoms with E-state index in [0.717, 1.165) is 51.6 Å². The van der Waals surface area contributed by atoms with E-state index in [2.05, 4.69) is 34.5 Å². The summed E-state index contributed by atoms with van der Waals surface area (Å²) in [6, 6.07) is 8.47. The van der Waals surface area contributed by atoms with Crippen LogP contribution in [0.15, 0.2) is 24.3 Å². The normalized spacial score (nSPS) is 26.9. The highest BCUT2D eigenvalue weighted by Crippen LogP contribution is 2.34. The Morgan fingerprint density at radius 2 is 2.20 bits per heavy atom. The molecule has 2 aliphatic rings. The molecule has 4 heteroatoms. The second kappa shape index (κ2) is 6.57. The number of hydrogen-bond acceptors (Lipinski definition) is 4. The molecule has 1 N–H and O–H groups in total. The molecule has 110 valence electrons. The van der Waals surface area contributed by atoms with Crippen molar-refractivity contribution in [1.29, 1.82) is 0 Å². The molecule has 1 fully saturated rings. The van der Waals surface area contributed by atoms with Gasteiger partial charge in [-0.2, -0.15) is 0 Å². The fourth-order valence-electron chi connectivity index (χ4n) is 3.21. The largest absolute Gasteiger partial charge is 0.493 e. The Labute approximate surface area is 121 Å². The molecule has 2 unspecified atom stereocenters. The molecule has 0 amide bonds. The smallest absolute Gasteiger partial charge is 0.122 e. The van der Waals surface area contributed by atoms with Crippen LogP contribution in [0.3, 0.4) is 0 Å². The molecule has 20 heavy (non-hydrogen) atoms. The number of benzene rings is 1. The van der Waals surface area contributed by atoms with Crippen molar-refractivity contribution < 1.29 is 9.47 Å². The van der Waals surface area contributed by atoms with E-state index >= 15 is 0 Å². The van der Waals surface area contributed by atoms with E-state index in [1.807, 2.05) is 7.05 Å². The van der Waals surface area contributed by atoms with Crippen molar-refractivity contribution in [2.24, 2.45) is 0 Å². The Morgan fingerprint density at radius 1 is 1.30 bits per heavy atom. The third-order valence-electron chi connectivity index (χ3n) is 4.22. The first-order chi connectivity index (χ1) is 9.86. The summed E-state index contributed by atoms with van der Waals surface area (Å²) in [4.78, 5) is 2.54. The SMILES string of the molecule is CNCC1CN(CC2CCOc3ccccc32)CCO1. The minimum Gasteiger partial charge on any atom is -0.493 e. The number of nitrogens with zero attached hydrogens (tertiary/aromatic N) is 1. The fourth-order valence-corrected chi connectivity index (χ4v) is 3.21. The van der Waals surface area contributed by atoms with E-state index in [1.54, 1.807) is 0 Å². The Bertz CT molecular complexity index is 436. The summed E-state index contributed by atoms with van der Waals surface area (Å²) >= 11 is 0. The quantitative estimate of drug-likeness (QED) is 0.903. The van der Waals surface area contributed by atoms with Crippen molar-refractivity contribution in [3.8, 4) is 5.75 Å². The van der Waals surface area contributed by atoms with E-state index in [-0.39, 0.29) is 0 Å². The molecule has 2 aliphatic heterocycles. The van der Waals surface area contributed by atoms with Crippen molar-refractivity contribution in [1.82, 2.24) is 10.2 Å². The molecule has 0 aromatic heterocycles. The maximum Gasteiger partial charge on any atom is 0.122 e. The molecule has 1 saturated heterocycles. The van der Waals surface area contributed by atoms with Crippen molar-refractivity contribution in [2.45, 2.75) is 18.4 Å². The molecular weight excluding hydrogens is 252 g/mol. The van der Waals surface area contributed by atoms with Gasteiger partial charge in [-0.15, -0.1) is 0 Å². The first-order valence-electron chi connectivity index (χ1n) is 7.57. The van der Waals surface area contributed by atoms with Crippen LogP contribution >= 0.6 is 0 Å². The van der Waals surface area contributed by atoms with Crippen molar-refractivity contribution >= 4 is 0 Å². The zero-order valence-corrected chi connectivity index (χ0v) is 12.2. The van der Waals surface area contributed by atoms with Crippen LogP contribution in [0.1, 0.15) is 17.9 Å². The summed E-state index contributed by atoms with van der Waals surface area (Å²) < 4.78 is 11.5. The van der Waals surface area contributed by atoms with Gasteiger partial charge in [0.15, 0.2) is 0 Å². The standard InChI is InChI=1S/C16H24N2O2/c1-17-10-14-12-18(7-9-19-14)11-13-6-8-20-16-5-3-2-4-15(13)16/h2-5,13-14,17H,6-12H2,1H3. The number of likely N-dealkylation sites (N-methyl/N-ethyl adjacent to an activating group) is 1. The van der Waals surface area contributed by atoms with Crippen LogP contribution in [0.5, 0.6) is 5.75 Å². The Balaban J connectivity index is 1.63. The molecule has 0 radical (unpaired) electrons. The molecule has 1 aromatic rings. The van der Waals surface area contributed by atoms with Crippen LogP contribution in [0, 0.1) is 0 Å². The molecule has 1 aromatic carbocycles. The lowest BCUT2D eigenvalue weighted by Gasteiger charge is -2.36. The van der Waals surface area contributed by atoms with Crippen LogP contribution in [-0.2, 0) is 4.74 Å². The van der Waals surface area contributed by atoms with E-state index < -0.39 is 0 Å². The van der Waals surface area contributed by atoms with E-state index in [0.29, 0.717) is 12.0 Å². The minimum absolute atomic E-state index is 0.323. The summed E-state index contributed by atoms with van der Waals surface area (Å²) in [5.74, 6) is 1.66. The second-order valence-corrected chi connectivity index (χ2v) is 5.68. The molecule has 0 aliphatic carbocycles. The van der Waals surface area contributed by atoms with Gasteiger partial charge in [0.2, 0.25) is 0 Å². The van der Waals surface area contributed by atoms with Crippen LogP contribution < -0.4 is 10.1 Å². The predicted molar refractivity (Wildman–Crippen MR) is 79.4 cm³/mol. The lowest BCUT2D eigenvalue weighted by Crippen LogP contribution is -2.47. The minimum atomic E-state index is 0.323. The highest BCUT2D eigenvalue weighted by atomic mass is 16.5. The van der Waals surface area contributed by atoms with Crippen molar-refractivity contribution in [2.75, 3.05) is 46.4 Å². The van der Waals surface area contributed by atoms with Crippen molar-refractivity contribution in [3.63, 3.8) is 0 Å². The number of fused-ring (bicyclic) bond motifs is 1. The number of hydrogen-bond donors (Lipinski definition) is 1. The highest BCUT2D eigenvalue weighted by molar-refractivity contribution is 5.37. The van der Waals surface area contributed by atoms with Gasteiger partial charge < -0.3 is 14.8 Å². The zero-order valence-electron chi connectivity index (χ0n) is 12.2. The van der Waals surface area contributed by atoms with E-state index in [4.69, 9.17) is 9.47 Å². The Kier molecular flexibility index (Phi) is 4.55. The molecule has 0 bridgehead atoms. The topological polar surface area (TPSA) is 33.7 Å². The molecule has 4 nitrogen and oxygen atoms in total. The second-order valence-electron chi connectivity index (χ2n) is 5.68. The van der Waals surface area contributed by atoms with Gasteiger partial charge in [0, 0.05) is 32.1 Å². The van der Waals surface area contributed by atoms with Gasteiger partial charge in [0.1, 0.15) is 5.75 Å². The van der Waals surface area contributed by atoms with Gasteiger partial charge >= 0.3 is 0 Å². The third kappa shape index (κ3) is 3.14.